The predicted octanol–water partition coefficient (Wildman–Crippen LogP) is 3.21. The first-order chi connectivity index (χ1) is 13.0. The van der Waals surface area contributed by atoms with E-state index in [0.29, 0.717) is 24.3 Å². The van der Waals surface area contributed by atoms with Crippen molar-refractivity contribution in [3.63, 3.8) is 0 Å². The number of benzene rings is 2. The summed E-state index contributed by atoms with van der Waals surface area (Å²) in [6.07, 6.45) is 3.03. The van der Waals surface area contributed by atoms with Crippen molar-refractivity contribution in [3.05, 3.63) is 60.3 Å². The maximum atomic E-state index is 12.2. The molecule has 0 aliphatic rings. The first-order valence-electron chi connectivity index (χ1n) is 8.81. The van der Waals surface area contributed by atoms with Gasteiger partial charge in [0.2, 0.25) is 5.91 Å². The monoisotopic (exact) mass is 365 g/mol. The van der Waals surface area contributed by atoms with E-state index < -0.39 is 0 Å². The number of nitrogens with zero attached hydrogens (tertiary/aromatic N) is 1. The van der Waals surface area contributed by atoms with Crippen LogP contribution in [0, 0.1) is 0 Å². The summed E-state index contributed by atoms with van der Waals surface area (Å²) in [5, 5.41) is 4.03. The minimum Gasteiger partial charge on any atom is -0.484 e. The number of carbonyl (C=O) groups excluding carboxylic acids is 2. The van der Waals surface area contributed by atoms with Crippen LogP contribution < -0.4 is 10.1 Å². The van der Waals surface area contributed by atoms with Gasteiger partial charge >= 0.3 is 0 Å². The van der Waals surface area contributed by atoms with Crippen molar-refractivity contribution in [2.45, 2.75) is 12.8 Å². The van der Waals surface area contributed by atoms with Crippen LogP contribution in [-0.2, 0) is 16.0 Å². The van der Waals surface area contributed by atoms with E-state index in [1.54, 1.807) is 38.4 Å². The van der Waals surface area contributed by atoms with Crippen LogP contribution in [0.5, 0.6) is 5.75 Å². The zero-order chi connectivity index (χ0) is 19.2. The van der Waals surface area contributed by atoms with Crippen molar-refractivity contribution >= 4 is 28.4 Å². The lowest BCUT2D eigenvalue weighted by atomic mass is 10.1. The van der Waals surface area contributed by atoms with Gasteiger partial charge in [-0.05, 0) is 42.3 Å². The molecule has 3 rings (SSSR count). The minimum atomic E-state index is -0.107. The van der Waals surface area contributed by atoms with Gasteiger partial charge in [0.1, 0.15) is 5.75 Å². The van der Waals surface area contributed by atoms with Gasteiger partial charge in [-0.15, -0.1) is 0 Å². The molecule has 140 valence electrons. The molecule has 0 atom stereocenters. The Morgan fingerprint density at radius 1 is 1.07 bits per heavy atom. The highest BCUT2D eigenvalue weighted by Gasteiger charge is 2.08. The Bertz CT molecular complexity index is 929. The Morgan fingerprint density at radius 3 is 2.56 bits per heavy atom. The summed E-state index contributed by atoms with van der Waals surface area (Å²) in [5.41, 5.74) is 2.91. The molecule has 0 aliphatic carbocycles. The molecule has 0 radical (unpaired) electrons. The van der Waals surface area contributed by atoms with E-state index in [-0.39, 0.29) is 18.4 Å². The molecule has 2 N–H and O–H groups in total. The minimum absolute atomic E-state index is 0.0106. The summed E-state index contributed by atoms with van der Waals surface area (Å²) in [5.74, 6) is 0.434. The number of anilines is 1. The maximum absolute atomic E-state index is 12.2. The van der Waals surface area contributed by atoms with Crippen molar-refractivity contribution in [1.82, 2.24) is 9.88 Å². The fourth-order valence-electron chi connectivity index (χ4n) is 2.72. The quantitative estimate of drug-likeness (QED) is 0.675. The molecule has 0 bridgehead atoms. The molecule has 0 aliphatic heterocycles. The van der Waals surface area contributed by atoms with Gasteiger partial charge in [0.25, 0.3) is 5.91 Å². The van der Waals surface area contributed by atoms with E-state index in [1.807, 2.05) is 24.4 Å². The van der Waals surface area contributed by atoms with E-state index in [4.69, 9.17) is 4.74 Å². The number of hydrogen-bond donors (Lipinski definition) is 2. The van der Waals surface area contributed by atoms with Crippen LogP contribution in [0.15, 0.2) is 54.7 Å². The van der Waals surface area contributed by atoms with E-state index in [9.17, 15) is 9.59 Å². The van der Waals surface area contributed by atoms with Crippen LogP contribution in [0.1, 0.15) is 12.0 Å². The summed E-state index contributed by atoms with van der Waals surface area (Å²) in [6, 6.07) is 15.1. The summed E-state index contributed by atoms with van der Waals surface area (Å²) >= 11 is 0. The SMILES string of the molecule is CN(C)C(=O)COc1ccc(NC(=O)CCc2c[nH]c3ccccc23)cc1. The highest BCUT2D eigenvalue weighted by atomic mass is 16.5. The van der Waals surface area contributed by atoms with Crippen LogP contribution in [0.2, 0.25) is 0 Å². The molecule has 0 unspecified atom stereocenters. The maximum Gasteiger partial charge on any atom is 0.259 e. The average molecular weight is 365 g/mol. The molecule has 0 saturated carbocycles. The second-order valence-corrected chi connectivity index (χ2v) is 6.51. The molecule has 2 aromatic carbocycles. The first-order valence-corrected chi connectivity index (χ1v) is 8.81. The number of rotatable bonds is 7. The molecule has 1 heterocycles. The molecule has 6 nitrogen and oxygen atoms in total. The molecule has 0 spiro atoms. The number of amides is 2. The van der Waals surface area contributed by atoms with Gasteiger partial charge in [0.15, 0.2) is 6.61 Å². The lowest BCUT2D eigenvalue weighted by molar-refractivity contribution is -0.130. The van der Waals surface area contributed by atoms with Crippen LogP contribution in [0.4, 0.5) is 5.69 Å². The molecule has 0 fully saturated rings. The number of carbonyl (C=O) groups is 2. The number of para-hydroxylation sites is 1. The standard InChI is InChI=1S/C21H23N3O3/c1-24(2)21(26)14-27-17-10-8-16(9-11-17)23-20(25)12-7-15-13-22-19-6-4-3-5-18(15)19/h3-6,8-11,13,22H,7,12,14H2,1-2H3,(H,23,25). The Morgan fingerprint density at radius 2 is 1.81 bits per heavy atom. The number of ether oxygens (including phenoxy) is 1. The smallest absolute Gasteiger partial charge is 0.259 e. The van der Waals surface area contributed by atoms with Crippen LogP contribution in [-0.4, -0.2) is 42.4 Å². The van der Waals surface area contributed by atoms with Crippen LogP contribution in [0.3, 0.4) is 0 Å². The van der Waals surface area contributed by atoms with Gasteiger partial charge in [-0.3, -0.25) is 9.59 Å². The Balaban J connectivity index is 1.50. The molecule has 2 amide bonds. The molecule has 27 heavy (non-hydrogen) atoms. The first kappa shape index (κ1) is 18.5. The predicted molar refractivity (Wildman–Crippen MR) is 106 cm³/mol. The van der Waals surface area contributed by atoms with E-state index in [2.05, 4.69) is 16.4 Å². The van der Waals surface area contributed by atoms with Crippen molar-refractivity contribution in [1.29, 1.82) is 0 Å². The molecule has 6 heteroatoms. The molecule has 3 aromatic rings. The highest BCUT2D eigenvalue weighted by Crippen LogP contribution is 2.20. The van der Waals surface area contributed by atoms with Crippen LogP contribution in [0.25, 0.3) is 10.9 Å². The second-order valence-electron chi connectivity index (χ2n) is 6.51. The lowest BCUT2D eigenvalue weighted by Gasteiger charge is -2.11. The number of likely N-dealkylation sites (N-methyl/N-ethyl adjacent to an activating group) is 1. The van der Waals surface area contributed by atoms with E-state index in [0.717, 1.165) is 16.5 Å². The average Bonchev–Trinajstić information content (AvgIpc) is 3.08. The number of aromatic amines is 1. The summed E-state index contributed by atoms with van der Waals surface area (Å²) in [4.78, 5) is 28.4. The van der Waals surface area contributed by atoms with Gasteiger partial charge in [-0.1, -0.05) is 18.2 Å². The lowest BCUT2D eigenvalue weighted by Crippen LogP contribution is -2.27. The summed E-state index contributed by atoms with van der Waals surface area (Å²) in [6.45, 7) is -0.0106. The number of hydrogen-bond acceptors (Lipinski definition) is 3. The number of fused-ring (bicyclic) bond motifs is 1. The molecule has 0 saturated heterocycles. The largest absolute Gasteiger partial charge is 0.484 e. The highest BCUT2D eigenvalue weighted by molar-refractivity contribution is 5.91. The van der Waals surface area contributed by atoms with Crippen molar-refractivity contribution < 1.29 is 14.3 Å². The topological polar surface area (TPSA) is 74.4 Å². The molecular formula is C21H23N3O3. The van der Waals surface area contributed by atoms with Crippen LogP contribution >= 0.6 is 0 Å². The van der Waals surface area contributed by atoms with Gasteiger partial charge in [-0.2, -0.15) is 0 Å². The molecule has 1 aromatic heterocycles. The fraction of sp³-hybridized carbons (Fsp3) is 0.238. The number of nitrogens with one attached hydrogen (secondary N) is 2. The normalized spacial score (nSPS) is 10.6. The van der Waals surface area contributed by atoms with E-state index >= 15 is 0 Å². The van der Waals surface area contributed by atoms with Gasteiger partial charge in [0, 0.05) is 43.3 Å². The third-order valence-corrected chi connectivity index (χ3v) is 4.30. The van der Waals surface area contributed by atoms with Crippen molar-refractivity contribution in [3.8, 4) is 5.75 Å². The fourth-order valence-corrected chi connectivity index (χ4v) is 2.72. The number of aryl methyl sites for hydroxylation is 1. The third kappa shape index (κ3) is 4.88. The Kier molecular flexibility index (Phi) is 5.76. The summed E-state index contributed by atoms with van der Waals surface area (Å²) < 4.78 is 5.42. The second kappa shape index (κ2) is 8.40. The summed E-state index contributed by atoms with van der Waals surface area (Å²) in [7, 11) is 3.36. The zero-order valence-electron chi connectivity index (χ0n) is 15.5. The molecular weight excluding hydrogens is 342 g/mol. The zero-order valence-corrected chi connectivity index (χ0v) is 15.5. The van der Waals surface area contributed by atoms with Crippen molar-refractivity contribution in [2.75, 3.05) is 26.0 Å². The number of H-pyrrole nitrogens is 1. The third-order valence-electron chi connectivity index (χ3n) is 4.30. The van der Waals surface area contributed by atoms with Gasteiger partial charge < -0.3 is 19.9 Å². The van der Waals surface area contributed by atoms with Gasteiger partial charge in [-0.25, -0.2) is 0 Å². The van der Waals surface area contributed by atoms with E-state index in [1.165, 1.54) is 4.90 Å². The Hall–Kier alpha value is -3.28. The van der Waals surface area contributed by atoms with Gasteiger partial charge in [0.05, 0.1) is 0 Å². The Labute approximate surface area is 158 Å². The van der Waals surface area contributed by atoms with Crippen molar-refractivity contribution in [2.24, 2.45) is 0 Å². The number of aromatic nitrogens is 1.